The van der Waals surface area contributed by atoms with Crippen molar-refractivity contribution >= 4 is 33.3 Å². The molecule has 0 atom stereocenters. The number of aromatic nitrogens is 2. The Hall–Kier alpha value is -1.53. The van der Waals surface area contributed by atoms with Gasteiger partial charge in [0.1, 0.15) is 22.2 Å². The second kappa shape index (κ2) is 4.86. The molecule has 0 saturated heterocycles. The summed E-state index contributed by atoms with van der Waals surface area (Å²) in [7, 11) is 0. The summed E-state index contributed by atoms with van der Waals surface area (Å²) < 4.78 is 0. The fourth-order valence-corrected chi connectivity index (χ4v) is 2.81. The highest BCUT2D eigenvalue weighted by Crippen LogP contribution is 2.27. The topological polar surface area (TPSA) is 82.5 Å². The van der Waals surface area contributed by atoms with Gasteiger partial charge in [0.25, 0.3) is 0 Å². The van der Waals surface area contributed by atoms with Crippen LogP contribution in [0.4, 0.5) is 5.82 Å². The van der Waals surface area contributed by atoms with E-state index >= 15 is 0 Å². The van der Waals surface area contributed by atoms with Gasteiger partial charge in [-0.2, -0.15) is 4.98 Å². The van der Waals surface area contributed by atoms with Crippen molar-refractivity contribution in [3.05, 3.63) is 16.8 Å². The maximum Gasteiger partial charge on any atom is 0.237 e. The SMILES string of the molecule is CCc1cc2c([NH2+]C(C)(C)C(=O)[O-])nc(C)nc2s1. The van der Waals surface area contributed by atoms with Crippen molar-refractivity contribution in [3.8, 4) is 0 Å². The number of rotatable bonds is 4. The number of quaternary nitrogens is 1. The molecule has 0 aliphatic carbocycles. The number of hydrogen-bond donors (Lipinski definition) is 1. The third-order valence-corrected chi connectivity index (χ3v) is 4.13. The Morgan fingerprint density at radius 2 is 2.16 bits per heavy atom. The molecule has 2 N–H and O–H groups in total. The van der Waals surface area contributed by atoms with E-state index in [0.717, 1.165) is 16.6 Å². The molecule has 2 aromatic rings. The predicted octanol–water partition coefficient (Wildman–Crippen LogP) is 0.286. The van der Waals surface area contributed by atoms with Crippen LogP contribution in [-0.4, -0.2) is 21.5 Å². The molecule has 0 bridgehead atoms. The average Bonchev–Trinajstić information content (AvgIpc) is 2.71. The summed E-state index contributed by atoms with van der Waals surface area (Å²) >= 11 is 1.63. The van der Waals surface area contributed by atoms with Gasteiger partial charge in [-0.3, -0.25) is 5.32 Å². The van der Waals surface area contributed by atoms with Crippen LogP contribution < -0.4 is 10.4 Å². The predicted molar refractivity (Wildman–Crippen MR) is 72.2 cm³/mol. The molecule has 0 amide bonds. The van der Waals surface area contributed by atoms with E-state index in [1.54, 1.807) is 30.5 Å². The van der Waals surface area contributed by atoms with Crippen LogP contribution in [0.5, 0.6) is 0 Å². The molecule has 0 aliphatic rings. The summed E-state index contributed by atoms with van der Waals surface area (Å²) in [4.78, 5) is 22.0. The largest absolute Gasteiger partial charge is 0.544 e. The van der Waals surface area contributed by atoms with Gasteiger partial charge in [-0.05, 0) is 33.3 Å². The molecule has 6 heteroatoms. The lowest BCUT2D eigenvalue weighted by atomic mass is 10.1. The van der Waals surface area contributed by atoms with Gasteiger partial charge in [0, 0.05) is 4.88 Å². The molecule has 0 saturated carbocycles. The molecule has 2 heterocycles. The first kappa shape index (κ1) is 13.9. The number of thiophene rings is 1. The zero-order valence-corrected chi connectivity index (χ0v) is 12.3. The third kappa shape index (κ3) is 2.74. The van der Waals surface area contributed by atoms with Crippen LogP contribution in [0.3, 0.4) is 0 Å². The first-order valence-electron chi connectivity index (χ1n) is 6.18. The molecular weight excluding hydrogens is 262 g/mol. The van der Waals surface area contributed by atoms with Gasteiger partial charge in [-0.15, -0.1) is 11.3 Å². The van der Waals surface area contributed by atoms with Gasteiger partial charge >= 0.3 is 0 Å². The van der Waals surface area contributed by atoms with Crippen molar-refractivity contribution in [2.24, 2.45) is 0 Å². The van der Waals surface area contributed by atoms with E-state index in [9.17, 15) is 9.90 Å². The minimum absolute atomic E-state index is 0.650. The van der Waals surface area contributed by atoms with Gasteiger partial charge in [0.2, 0.25) is 5.82 Å². The standard InChI is InChI=1S/C13H17N3O2S/c1-5-8-6-9-10(16-13(3,4)12(17)18)14-7(2)15-11(9)19-8/h6H,5H2,1-4H3,(H,17,18)(H,14,15,16). The smallest absolute Gasteiger partial charge is 0.237 e. The normalized spacial score (nSPS) is 12.0. The molecule has 0 aliphatic heterocycles. The average molecular weight is 279 g/mol. The summed E-state index contributed by atoms with van der Waals surface area (Å²) in [5.41, 5.74) is -1.05. The lowest BCUT2D eigenvalue weighted by molar-refractivity contribution is -0.642. The molecule has 0 fully saturated rings. The van der Waals surface area contributed by atoms with Gasteiger partial charge < -0.3 is 9.90 Å². The highest BCUT2D eigenvalue weighted by Gasteiger charge is 2.26. The number of carboxylic acids is 1. The Balaban J connectivity index is 2.53. The Morgan fingerprint density at radius 1 is 1.47 bits per heavy atom. The second-order valence-electron chi connectivity index (χ2n) is 5.09. The summed E-state index contributed by atoms with van der Waals surface area (Å²) in [6.07, 6.45) is 0.934. The summed E-state index contributed by atoms with van der Waals surface area (Å²) in [6, 6.07) is 2.04. The lowest BCUT2D eigenvalue weighted by Crippen LogP contribution is -2.94. The van der Waals surface area contributed by atoms with Crippen molar-refractivity contribution in [1.82, 2.24) is 9.97 Å². The van der Waals surface area contributed by atoms with Crippen LogP contribution in [0.1, 0.15) is 31.5 Å². The number of hydrogen-bond acceptors (Lipinski definition) is 5. The molecule has 19 heavy (non-hydrogen) atoms. The second-order valence-corrected chi connectivity index (χ2v) is 6.21. The van der Waals surface area contributed by atoms with E-state index < -0.39 is 11.5 Å². The summed E-state index contributed by atoms with van der Waals surface area (Å²) in [5.74, 6) is 0.216. The number of aliphatic carboxylic acids is 1. The van der Waals surface area contributed by atoms with E-state index in [0.29, 0.717) is 11.6 Å². The summed E-state index contributed by atoms with van der Waals surface area (Å²) in [5, 5.41) is 13.7. The maximum absolute atomic E-state index is 11.1. The van der Waals surface area contributed by atoms with Crippen LogP contribution in [0, 0.1) is 6.92 Å². The van der Waals surface area contributed by atoms with Gasteiger partial charge in [0.05, 0.1) is 5.39 Å². The van der Waals surface area contributed by atoms with E-state index in [2.05, 4.69) is 16.9 Å². The summed E-state index contributed by atoms with van der Waals surface area (Å²) in [6.45, 7) is 7.12. The number of nitrogens with two attached hydrogens (primary N) is 1. The van der Waals surface area contributed by atoms with Crippen LogP contribution in [0.25, 0.3) is 10.2 Å². The van der Waals surface area contributed by atoms with E-state index in [-0.39, 0.29) is 0 Å². The molecule has 2 aromatic heterocycles. The van der Waals surface area contributed by atoms with Gasteiger partial charge in [-0.1, -0.05) is 6.92 Å². The first-order chi connectivity index (χ1) is 8.83. The zero-order valence-electron chi connectivity index (χ0n) is 11.5. The Morgan fingerprint density at radius 3 is 2.74 bits per heavy atom. The quantitative estimate of drug-likeness (QED) is 0.871. The van der Waals surface area contributed by atoms with E-state index in [1.807, 2.05) is 13.0 Å². The van der Waals surface area contributed by atoms with Crippen molar-refractivity contribution in [2.75, 3.05) is 0 Å². The monoisotopic (exact) mass is 279 g/mol. The molecule has 2 rings (SSSR count). The lowest BCUT2D eigenvalue weighted by Gasteiger charge is -2.22. The number of nitrogens with zero attached hydrogens (tertiary/aromatic N) is 2. The minimum Gasteiger partial charge on any atom is -0.544 e. The van der Waals surface area contributed by atoms with Crippen molar-refractivity contribution in [1.29, 1.82) is 0 Å². The van der Waals surface area contributed by atoms with Crippen molar-refractivity contribution in [2.45, 2.75) is 39.7 Å². The molecule has 0 radical (unpaired) electrons. The van der Waals surface area contributed by atoms with Crippen LogP contribution in [-0.2, 0) is 11.2 Å². The maximum atomic E-state index is 11.1. The van der Waals surface area contributed by atoms with E-state index in [4.69, 9.17) is 0 Å². The molecule has 102 valence electrons. The Labute approximate surface area is 115 Å². The molecule has 0 unspecified atom stereocenters. The fraction of sp³-hybridized carbons (Fsp3) is 0.462. The molecule has 5 nitrogen and oxygen atoms in total. The Bertz CT molecular complexity index is 634. The molecule has 0 aromatic carbocycles. The number of aryl methyl sites for hydroxylation is 2. The molecule has 0 spiro atoms. The van der Waals surface area contributed by atoms with Gasteiger partial charge in [0.15, 0.2) is 0 Å². The highest BCUT2D eigenvalue weighted by molar-refractivity contribution is 7.18. The van der Waals surface area contributed by atoms with Gasteiger partial charge in [-0.25, -0.2) is 4.98 Å². The molecular formula is C13H17N3O2S. The Kier molecular flexibility index (Phi) is 3.56. The van der Waals surface area contributed by atoms with Crippen molar-refractivity contribution in [3.63, 3.8) is 0 Å². The zero-order chi connectivity index (χ0) is 14.2. The number of carboxylic acid groups (broad SMARTS) is 1. The first-order valence-corrected chi connectivity index (χ1v) is 6.99. The van der Waals surface area contributed by atoms with Crippen molar-refractivity contribution < 1.29 is 15.2 Å². The van der Waals surface area contributed by atoms with Crippen LogP contribution in [0.2, 0.25) is 0 Å². The number of carbonyl (C=O) groups excluding carboxylic acids is 1. The highest BCUT2D eigenvalue weighted by atomic mass is 32.1. The number of fused-ring (bicyclic) bond motifs is 1. The van der Waals surface area contributed by atoms with E-state index in [1.165, 1.54) is 4.88 Å². The number of carbonyl (C=O) groups is 1. The minimum atomic E-state index is -1.11. The van der Waals surface area contributed by atoms with Crippen LogP contribution in [0.15, 0.2) is 6.07 Å². The third-order valence-electron chi connectivity index (χ3n) is 2.96. The fourth-order valence-electron chi connectivity index (χ4n) is 1.79. The van der Waals surface area contributed by atoms with Crippen LogP contribution >= 0.6 is 11.3 Å².